The highest BCUT2D eigenvalue weighted by molar-refractivity contribution is 5.94. The van der Waals surface area contributed by atoms with Gasteiger partial charge in [0.2, 0.25) is 0 Å². The number of benzene rings is 1. The van der Waals surface area contributed by atoms with Crippen molar-refractivity contribution in [2.24, 2.45) is 0 Å². The highest BCUT2D eigenvalue weighted by Crippen LogP contribution is 2.31. The van der Waals surface area contributed by atoms with E-state index in [9.17, 15) is 9.18 Å². The van der Waals surface area contributed by atoms with Crippen molar-refractivity contribution in [3.63, 3.8) is 0 Å². The lowest BCUT2D eigenvalue weighted by Crippen LogP contribution is -2.47. The van der Waals surface area contributed by atoms with Gasteiger partial charge in [-0.05, 0) is 12.1 Å². The quantitative estimate of drug-likeness (QED) is 0.895. The van der Waals surface area contributed by atoms with Crippen LogP contribution in [0.3, 0.4) is 0 Å². The number of halogens is 1. The number of piperidine rings is 1. The lowest BCUT2D eigenvalue weighted by atomic mass is 10.0. The summed E-state index contributed by atoms with van der Waals surface area (Å²) < 4.78 is 25.1. The number of carbonyl (C=O) groups excluding carboxylic acids is 1. The molecular weight excluding hydrogens is 349 g/mol. The number of likely N-dealkylation sites (tertiary alicyclic amines) is 1. The second-order valence-corrected chi connectivity index (χ2v) is 6.81. The van der Waals surface area contributed by atoms with E-state index >= 15 is 0 Å². The fourth-order valence-corrected chi connectivity index (χ4v) is 3.51. The third-order valence-corrected chi connectivity index (χ3v) is 5.05. The molecule has 1 N–H and O–H groups in total. The summed E-state index contributed by atoms with van der Waals surface area (Å²) in [5.74, 6) is -0.827. The highest BCUT2D eigenvalue weighted by atomic mass is 19.1. The Morgan fingerprint density at radius 1 is 1.19 bits per heavy atom. The normalized spacial score (nSPS) is 18.6. The molecule has 7 heteroatoms. The zero-order valence-electron chi connectivity index (χ0n) is 15.0. The first kappa shape index (κ1) is 17.9. The Balaban J connectivity index is 1.38. The summed E-state index contributed by atoms with van der Waals surface area (Å²) in [7, 11) is 0. The second kappa shape index (κ2) is 7.62. The average molecular weight is 371 g/mol. The molecule has 2 aliphatic rings. The number of hydrogen-bond donors (Lipinski definition) is 1. The number of amides is 1. The molecule has 0 bridgehead atoms. The summed E-state index contributed by atoms with van der Waals surface area (Å²) in [6.07, 6.45) is 4.54. The maximum absolute atomic E-state index is 13.7. The number of rotatable bonds is 4. The number of nitrogens with one attached hydrogen (secondary N) is 1. The van der Waals surface area contributed by atoms with Gasteiger partial charge in [0.15, 0.2) is 5.79 Å². The van der Waals surface area contributed by atoms with Crippen LogP contribution in [0, 0.1) is 5.82 Å². The molecule has 2 aliphatic heterocycles. The van der Waals surface area contributed by atoms with E-state index in [1.807, 2.05) is 0 Å². The van der Waals surface area contributed by atoms with Crippen LogP contribution in [0.1, 0.15) is 28.8 Å². The minimum atomic E-state index is -0.502. The van der Waals surface area contributed by atoms with Crippen molar-refractivity contribution in [1.82, 2.24) is 9.88 Å². The van der Waals surface area contributed by atoms with Gasteiger partial charge in [0.05, 0.1) is 24.5 Å². The number of pyridine rings is 1. The van der Waals surface area contributed by atoms with E-state index < -0.39 is 5.79 Å². The Hall–Kier alpha value is -2.51. The summed E-state index contributed by atoms with van der Waals surface area (Å²) in [6.45, 7) is 2.74. The van der Waals surface area contributed by atoms with Crippen LogP contribution in [-0.2, 0) is 16.0 Å². The van der Waals surface area contributed by atoms with Crippen molar-refractivity contribution in [1.29, 1.82) is 0 Å². The zero-order valence-corrected chi connectivity index (χ0v) is 15.0. The topological polar surface area (TPSA) is 63.7 Å². The van der Waals surface area contributed by atoms with Gasteiger partial charge in [0.25, 0.3) is 5.91 Å². The van der Waals surface area contributed by atoms with Crippen molar-refractivity contribution in [3.8, 4) is 0 Å². The third kappa shape index (κ3) is 3.94. The molecule has 6 nitrogen and oxygen atoms in total. The van der Waals surface area contributed by atoms with Crippen molar-refractivity contribution in [2.45, 2.75) is 25.2 Å². The van der Waals surface area contributed by atoms with Gasteiger partial charge in [0, 0.05) is 50.4 Å². The Kier molecular flexibility index (Phi) is 5.05. The van der Waals surface area contributed by atoms with Gasteiger partial charge in [-0.1, -0.05) is 18.2 Å². The molecule has 2 saturated heterocycles. The summed E-state index contributed by atoms with van der Waals surface area (Å²) in [6, 6.07) is 8.35. The van der Waals surface area contributed by atoms with Gasteiger partial charge in [-0.15, -0.1) is 0 Å². The summed E-state index contributed by atoms with van der Waals surface area (Å²) in [5.41, 5.74) is 1.75. The Morgan fingerprint density at radius 3 is 2.67 bits per heavy atom. The Labute approximate surface area is 157 Å². The molecule has 27 heavy (non-hydrogen) atoms. The van der Waals surface area contributed by atoms with Crippen LogP contribution in [0.15, 0.2) is 42.7 Å². The minimum absolute atomic E-state index is 0.0649. The molecule has 1 aromatic carbocycles. The SMILES string of the molecule is O=C(c1cncc(NCc2ccccc2F)c1)N1CCC2(CC1)OCCO2. The molecule has 1 aromatic heterocycles. The average Bonchev–Trinajstić information content (AvgIpc) is 3.16. The number of nitrogens with zero attached hydrogens (tertiary/aromatic N) is 2. The lowest BCUT2D eigenvalue weighted by Gasteiger charge is -2.37. The molecular formula is C20H22FN3O3. The molecule has 142 valence electrons. The molecule has 1 spiro atoms. The predicted octanol–water partition coefficient (Wildman–Crippen LogP) is 2.81. The largest absolute Gasteiger partial charge is 0.380 e. The Morgan fingerprint density at radius 2 is 1.93 bits per heavy atom. The number of aromatic nitrogens is 1. The second-order valence-electron chi connectivity index (χ2n) is 6.81. The van der Waals surface area contributed by atoms with Crippen molar-refractivity contribution in [3.05, 3.63) is 59.7 Å². The summed E-state index contributed by atoms with van der Waals surface area (Å²) >= 11 is 0. The summed E-state index contributed by atoms with van der Waals surface area (Å²) in [5, 5.41) is 3.13. The molecule has 2 fully saturated rings. The van der Waals surface area contributed by atoms with Crippen LogP contribution in [0.2, 0.25) is 0 Å². The first-order chi connectivity index (χ1) is 13.2. The maximum Gasteiger partial charge on any atom is 0.255 e. The molecule has 1 amide bonds. The first-order valence-corrected chi connectivity index (χ1v) is 9.15. The molecule has 0 atom stereocenters. The molecule has 2 aromatic rings. The third-order valence-electron chi connectivity index (χ3n) is 5.05. The molecule has 4 rings (SSSR count). The number of hydrogen-bond acceptors (Lipinski definition) is 5. The van der Waals surface area contributed by atoms with Crippen LogP contribution < -0.4 is 5.32 Å². The number of ether oxygens (including phenoxy) is 2. The van der Waals surface area contributed by atoms with Gasteiger partial charge in [-0.25, -0.2) is 4.39 Å². The van der Waals surface area contributed by atoms with E-state index in [1.54, 1.807) is 41.6 Å². The van der Waals surface area contributed by atoms with Gasteiger partial charge in [-0.3, -0.25) is 9.78 Å². The number of carbonyl (C=O) groups is 1. The Bertz CT molecular complexity index is 814. The molecule has 3 heterocycles. The molecule has 0 radical (unpaired) electrons. The predicted molar refractivity (Wildman–Crippen MR) is 97.7 cm³/mol. The standard InChI is InChI=1S/C20H22FN3O3/c21-18-4-2-1-3-15(18)13-23-17-11-16(12-22-14-17)19(25)24-7-5-20(6-8-24)26-9-10-27-20/h1-4,11-12,14,23H,5-10,13H2. The highest BCUT2D eigenvalue weighted by Gasteiger charge is 2.40. The van der Waals surface area contributed by atoms with Gasteiger partial charge < -0.3 is 19.7 Å². The van der Waals surface area contributed by atoms with Crippen molar-refractivity contribution < 1.29 is 18.7 Å². The molecule has 0 saturated carbocycles. The zero-order chi connectivity index (χ0) is 18.7. The maximum atomic E-state index is 13.7. The van der Waals surface area contributed by atoms with Gasteiger partial charge in [-0.2, -0.15) is 0 Å². The van der Waals surface area contributed by atoms with Crippen LogP contribution in [0.25, 0.3) is 0 Å². The van der Waals surface area contributed by atoms with E-state index in [0.717, 1.165) is 0 Å². The van der Waals surface area contributed by atoms with E-state index in [1.165, 1.54) is 6.07 Å². The molecule has 0 aliphatic carbocycles. The van der Waals surface area contributed by atoms with E-state index in [0.29, 0.717) is 62.5 Å². The van der Waals surface area contributed by atoms with E-state index in [4.69, 9.17) is 9.47 Å². The van der Waals surface area contributed by atoms with Crippen molar-refractivity contribution in [2.75, 3.05) is 31.6 Å². The van der Waals surface area contributed by atoms with Gasteiger partial charge >= 0.3 is 0 Å². The van der Waals surface area contributed by atoms with E-state index in [-0.39, 0.29) is 11.7 Å². The van der Waals surface area contributed by atoms with Gasteiger partial charge in [0.1, 0.15) is 5.82 Å². The smallest absolute Gasteiger partial charge is 0.255 e. The van der Waals surface area contributed by atoms with Crippen molar-refractivity contribution >= 4 is 11.6 Å². The minimum Gasteiger partial charge on any atom is -0.380 e. The fourth-order valence-electron chi connectivity index (χ4n) is 3.51. The fraction of sp³-hybridized carbons (Fsp3) is 0.400. The van der Waals surface area contributed by atoms with Crippen LogP contribution >= 0.6 is 0 Å². The summed E-state index contributed by atoms with van der Waals surface area (Å²) in [4.78, 5) is 18.8. The first-order valence-electron chi connectivity index (χ1n) is 9.15. The molecule has 0 unspecified atom stereocenters. The van der Waals surface area contributed by atoms with Crippen LogP contribution in [-0.4, -0.2) is 47.9 Å². The monoisotopic (exact) mass is 371 g/mol. The van der Waals surface area contributed by atoms with Crippen LogP contribution in [0.4, 0.5) is 10.1 Å². The lowest BCUT2D eigenvalue weighted by molar-refractivity contribution is -0.181. The van der Waals surface area contributed by atoms with Crippen LogP contribution in [0.5, 0.6) is 0 Å². The number of anilines is 1. The van der Waals surface area contributed by atoms with E-state index in [2.05, 4.69) is 10.3 Å².